The van der Waals surface area contributed by atoms with Gasteiger partial charge in [-0.15, -0.1) is 0 Å². The van der Waals surface area contributed by atoms with Crippen LogP contribution in [0.15, 0.2) is 71.3 Å². The summed E-state index contributed by atoms with van der Waals surface area (Å²) in [6.07, 6.45) is 1.43. The van der Waals surface area contributed by atoms with Crippen LogP contribution in [0.2, 0.25) is 0 Å². The molecule has 4 N–H and O–H groups in total. The fourth-order valence-electron chi connectivity index (χ4n) is 2.91. The Bertz CT molecular complexity index is 1080. The predicted molar refractivity (Wildman–Crippen MR) is 126 cm³/mol. The Labute approximate surface area is 192 Å². The number of nitrogens with zero attached hydrogens (tertiary/aromatic N) is 1. The number of benzene rings is 2. The van der Waals surface area contributed by atoms with Crippen LogP contribution in [0.5, 0.6) is 0 Å². The molecule has 3 rings (SSSR count). The molecule has 0 unspecified atom stereocenters. The van der Waals surface area contributed by atoms with Gasteiger partial charge < -0.3 is 30.6 Å². The van der Waals surface area contributed by atoms with Gasteiger partial charge in [0.1, 0.15) is 0 Å². The van der Waals surface area contributed by atoms with E-state index in [-0.39, 0.29) is 30.2 Å². The van der Waals surface area contributed by atoms with Crippen molar-refractivity contribution in [3.8, 4) is 0 Å². The number of hydrogen-bond acceptors (Lipinski definition) is 5. The Morgan fingerprint density at radius 1 is 0.848 bits per heavy atom. The minimum atomic E-state index is -0.386. The first kappa shape index (κ1) is 23.6. The van der Waals surface area contributed by atoms with Crippen molar-refractivity contribution in [2.45, 2.75) is 6.54 Å². The Balaban J connectivity index is 1.46. The van der Waals surface area contributed by atoms with Gasteiger partial charge in [0, 0.05) is 36.6 Å². The van der Waals surface area contributed by atoms with Gasteiger partial charge in [0.2, 0.25) is 0 Å². The molecule has 2 aromatic carbocycles. The topological polar surface area (TPSA) is 116 Å². The van der Waals surface area contributed by atoms with E-state index in [9.17, 15) is 14.4 Å². The highest BCUT2D eigenvalue weighted by atomic mass is 16.3. The van der Waals surface area contributed by atoms with Gasteiger partial charge in [0.05, 0.1) is 6.26 Å². The van der Waals surface area contributed by atoms with E-state index >= 15 is 0 Å². The summed E-state index contributed by atoms with van der Waals surface area (Å²) in [4.78, 5) is 38.5. The zero-order valence-corrected chi connectivity index (χ0v) is 18.6. The van der Waals surface area contributed by atoms with Crippen LogP contribution < -0.4 is 21.3 Å². The van der Waals surface area contributed by atoms with Crippen LogP contribution in [0.25, 0.3) is 0 Å². The summed E-state index contributed by atoms with van der Waals surface area (Å²) in [7, 11) is 3.89. The largest absolute Gasteiger partial charge is 0.459 e. The quantitative estimate of drug-likeness (QED) is 0.401. The van der Waals surface area contributed by atoms with Crippen molar-refractivity contribution < 1.29 is 18.8 Å². The average molecular weight is 450 g/mol. The molecule has 4 amide bonds. The maximum absolute atomic E-state index is 12.3. The van der Waals surface area contributed by atoms with E-state index in [2.05, 4.69) is 21.3 Å². The lowest BCUT2D eigenvalue weighted by atomic mass is 10.1. The van der Waals surface area contributed by atoms with Crippen LogP contribution in [0, 0.1) is 0 Å². The summed E-state index contributed by atoms with van der Waals surface area (Å²) in [5.74, 6) is -0.291. The van der Waals surface area contributed by atoms with Crippen molar-refractivity contribution in [1.82, 2.24) is 15.5 Å². The molecule has 0 aliphatic heterocycles. The molecule has 9 heteroatoms. The van der Waals surface area contributed by atoms with Gasteiger partial charge in [-0.05, 0) is 68.2 Å². The third-order valence-corrected chi connectivity index (χ3v) is 4.63. The molecule has 1 aromatic heterocycles. The molecule has 3 aromatic rings. The van der Waals surface area contributed by atoms with E-state index in [0.29, 0.717) is 23.5 Å². The normalized spacial score (nSPS) is 10.5. The molecule has 0 fully saturated rings. The molecular weight excluding hydrogens is 422 g/mol. The average Bonchev–Trinajstić information content (AvgIpc) is 3.34. The molecule has 0 spiro atoms. The van der Waals surface area contributed by atoms with Gasteiger partial charge in [-0.3, -0.25) is 9.59 Å². The number of carbonyl (C=O) groups excluding carboxylic acids is 3. The number of hydrogen-bond donors (Lipinski definition) is 4. The molecule has 1 heterocycles. The highest BCUT2D eigenvalue weighted by Gasteiger charge is 2.09. The first-order valence-electron chi connectivity index (χ1n) is 10.4. The maximum atomic E-state index is 12.3. The van der Waals surface area contributed by atoms with Gasteiger partial charge in [-0.25, -0.2) is 4.79 Å². The fourth-order valence-corrected chi connectivity index (χ4v) is 2.91. The summed E-state index contributed by atoms with van der Waals surface area (Å²) < 4.78 is 5.05. The van der Waals surface area contributed by atoms with Crippen molar-refractivity contribution >= 4 is 29.2 Å². The van der Waals surface area contributed by atoms with Crippen LogP contribution in [0.3, 0.4) is 0 Å². The number of nitrogens with one attached hydrogen (secondary N) is 4. The predicted octanol–water partition coefficient (Wildman–Crippen LogP) is 3.15. The highest BCUT2D eigenvalue weighted by molar-refractivity contribution is 6.02. The Morgan fingerprint density at radius 3 is 2.24 bits per heavy atom. The maximum Gasteiger partial charge on any atom is 0.319 e. The van der Waals surface area contributed by atoms with E-state index in [0.717, 1.165) is 12.1 Å². The second kappa shape index (κ2) is 11.5. The number of furan rings is 1. The number of carbonyl (C=O) groups is 3. The summed E-state index contributed by atoms with van der Waals surface area (Å²) in [6, 6.07) is 16.6. The van der Waals surface area contributed by atoms with Crippen LogP contribution in [0.1, 0.15) is 26.5 Å². The summed E-state index contributed by atoms with van der Waals surface area (Å²) in [5, 5.41) is 11.1. The molecule has 0 saturated heterocycles. The molecule has 0 atom stereocenters. The molecule has 172 valence electrons. The molecule has 0 aliphatic rings. The van der Waals surface area contributed by atoms with Crippen molar-refractivity contribution in [1.29, 1.82) is 0 Å². The van der Waals surface area contributed by atoms with Crippen LogP contribution in [-0.2, 0) is 6.54 Å². The van der Waals surface area contributed by atoms with Crippen molar-refractivity contribution in [2.75, 3.05) is 37.8 Å². The van der Waals surface area contributed by atoms with Crippen molar-refractivity contribution in [2.24, 2.45) is 0 Å². The minimum Gasteiger partial charge on any atom is -0.459 e. The highest BCUT2D eigenvalue weighted by Crippen LogP contribution is 2.15. The van der Waals surface area contributed by atoms with E-state index in [1.807, 2.05) is 25.1 Å². The third-order valence-electron chi connectivity index (χ3n) is 4.63. The third kappa shape index (κ3) is 7.51. The number of rotatable bonds is 9. The number of anilines is 2. The second-order valence-electron chi connectivity index (χ2n) is 7.58. The Hall–Kier alpha value is -4.11. The minimum absolute atomic E-state index is 0.151. The van der Waals surface area contributed by atoms with Gasteiger partial charge in [0.15, 0.2) is 5.76 Å². The SMILES string of the molecule is CN(C)CCNC(=O)c1cccc(CNC(=O)Nc2ccc(NC(=O)c3ccco3)cc2)c1. The first-order valence-corrected chi connectivity index (χ1v) is 10.4. The summed E-state index contributed by atoms with van der Waals surface area (Å²) in [6.45, 7) is 1.58. The molecule has 0 aliphatic carbocycles. The molecule has 9 nitrogen and oxygen atoms in total. The fraction of sp³-hybridized carbons (Fsp3) is 0.208. The molecule has 0 bridgehead atoms. The number of urea groups is 1. The lowest BCUT2D eigenvalue weighted by Gasteiger charge is -2.11. The summed E-state index contributed by atoms with van der Waals surface area (Å²) in [5.41, 5.74) is 2.49. The van der Waals surface area contributed by atoms with E-state index in [1.54, 1.807) is 54.6 Å². The van der Waals surface area contributed by atoms with Crippen molar-refractivity contribution in [3.63, 3.8) is 0 Å². The van der Waals surface area contributed by atoms with Crippen LogP contribution in [0.4, 0.5) is 16.2 Å². The van der Waals surface area contributed by atoms with E-state index in [1.165, 1.54) is 6.26 Å². The van der Waals surface area contributed by atoms with E-state index in [4.69, 9.17) is 4.42 Å². The number of likely N-dealkylation sites (N-methyl/N-ethyl adjacent to an activating group) is 1. The lowest BCUT2D eigenvalue weighted by molar-refractivity contribution is 0.0949. The van der Waals surface area contributed by atoms with Gasteiger partial charge >= 0.3 is 6.03 Å². The molecule has 33 heavy (non-hydrogen) atoms. The van der Waals surface area contributed by atoms with E-state index < -0.39 is 0 Å². The second-order valence-corrected chi connectivity index (χ2v) is 7.58. The first-order chi connectivity index (χ1) is 15.9. The van der Waals surface area contributed by atoms with Gasteiger partial charge in [-0.2, -0.15) is 0 Å². The summed E-state index contributed by atoms with van der Waals surface area (Å²) >= 11 is 0. The lowest BCUT2D eigenvalue weighted by Crippen LogP contribution is -2.31. The van der Waals surface area contributed by atoms with Crippen LogP contribution >= 0.6 is 0 Å². The molecule has 0 saturated carbocycles. The molecule has 0 radical (unpaired) electrons. The monoisotopic (exact) mass is 449 g/mol. The smallest absolute Gasteiger partial charge is 0.319 e. The Kier molecular flexibility index (Phi) is 8.20. The molecular formula is C24H27N5O4. The van der Waals surface area contributed by atoms with Gasteiger partial charge in [0.25, 0.3) is 11.8 Å². The zero-order chi connectivity index (χ0) is 23.6. The zero-order valence-electron chi connectivity index (χ0n) is 18.6. The van der Waals surface area contributed by atoms with Gasteiger partial charge in [-0.1, -0.05) is 12.1 Å². The van der Waals surface area contributed by atoms with Crippen LogP contribution in [-0.4, -0.2) is 49.9 Å². The number of amides is 4. The standard InChI is InChI=1S/C24H27N5O4/c1-29(2)13-12-25-22(30)18-6-3-5-17(15-18)16-26-24(32)28-20-10-8-19(9-11-20)27-23(31)21-7-4-14-33-21/h3-11,14-15H,12-13,16H2,1-2H3,(H,25,30)(H,27,31)(H2,26,28,32). The Morgan fingerprint density at radius 2 is 1.58 bits per heavy atom. The van der Waals surface area contributed by atoms with Crippen molar-refractivity contribution in [3.05, 3.63) is 83.8 Å².